The quantitative estimate of drug-likeness (QED) is 0.706. The van der Waals surface area contributed by atoms with E-state index in [1.807, 2.05) is 48.0 Å². The molecule has 0 fully saturated rings. The number of halogens is 1. The van der Waals surface area contributed by atoms with E-state index in [0.717, 1.165) is 17.1 Å². The van der Waals surface area contributed by atoms with E-state index in [2.05, 4.69) is 5.10 Å². The minimum absolute atomic E-state index is 0.0386. The molecule has 1 atom stereocenters. The molecule has 3 aromatic rings. The molecule has 0 N–H and O–H groups in total. The number of carbonyl (C=O) groups excluding carboxylic acids is 1. The normalized spacial score (nSPS) is 16.1. The summed E-state index contributed by atoms with van der Waals surface area (Å²) in [6.45, 7) is 3.36. The maximum atomic E-state index is 13.4. The van der Waals surface area contributed by atoms with Crippen molar-refractivity contribution in [1.82, 2.24) is 14.7 Å². The number of amides is 1. The zero-order valence-electron chi connectivity index (χ0n) is 15.0. The third kappa shape index (κ3) is 3.69. The Labute approximate surface area is 157 Å². The number of benzene rings is 2. The fourth-order valence-electron chi connectivity index (χ4n) is 3.35. The molecule has 0 aliphatic carbocycles. The molecule has 0 saturated heterocycles. The van der Waals surface area contributed by atoms with Crippen molar-refractivity contribution in [2.24, 2.45) is 0 Å². The summed E-state index contributed by atoms with van der Waals surface area (Å²) in [6.07, 6.45) is 0. The lowest BCUT2D eigenvalue weighted by Crippen LogP contribution is -2.40. The van der Waals surface area contributed by atoms with Crippen molar-refractivity contribution >= 4 is 5.91 Å². The summed E-state index contributed by atoms with van der Waals surface area (Å²) in [6, 6.07) is 17.4. The van der Waals surface area contributed by atoms with Crippen molar-refractivity contribution in [3.8, 4) is 5.75 Å². The zero-order valence-corrected chi connectivity index (χ0v) is 15.0. The molecule has 27 heavy (non-hydrogen) atoms. The van der Waals surface area contributed by atoms with Gasteiger partial charge in [-0.2, -0.15) is 5.10 Å². The first-order chi connectivity index (χ1) is 13.1. The Balaban J connectivity index is 1.49. The monoisotopic (exact) mass is 365 g/mol. The number of carbonyl (C=O) groups is 1. The van der Waals surface area contributed by atoms with Gasteiger partial charge < -0.3 is 9.64 Å². The van der Waals surface area contributed by atoms with Crippen LogP contribution in [0.1, 0.15) is 34.7 Å². The third-order valence-corrected chi connectivity index (χ3v) is 4.61. The molecule has 1 aliphatic heterocycles. The highest BCUT2D eigenvalue weighted by molar-refractivity contribution is 5.94. The molecule has 0 bridgehead atoms. The standard InChI is InChI=1S/C21H20FN3O2/c1-15-12-24(21(26)16-6-5-7-17(22)10-16)13-19-11-18(23-25(15)19)14-27-20-8-3-2-4-9-20/h2-11,15H,12-14H2,1H3. The summed E-state index contributed by atoms with van der Waals surface area (Å²) < 4.78 is 21.1. The van der Waals surface area contributed by atoms with Crippen LogP contribution in [-0.2, 0) is 13.2 Å². The minimum Gasteiger partial charge on any atom is -0.487 e. The molecule has 138 valence electrons. The summed E-state index contributed by atoms with van der Waals surface area (Å²) in [5, 5.41) is 4.62. The molecule has 1 unspecified atom stereocenters. The van der Waals surface area contributed by atoms with Crippen LogP contribution in [0.25, 0.3) is 0 Å². The number of fused-ring (bicyclic) bond motifs is 1. The van der Waals surface area contributed by atoms with Gasteiger partial charge >= 0.3 is 0 Å². The van der Waals surface area contributed by atoms with Crippen LogP contribution in [0.5, 0.6) is 5.75 Å². The molecule has 0 radical (unpaired) electrons. The molecular formula is C21H20FN3O2. The van der Waals surface area contributed by atoms with Gasteiger partial charge in [-0.25, -0.2) is 4.39 Å². The molecule has 0 saturated carbocycles. The maximum Gasteiger partial charge on any atom is 0.254 e. The number of nitrogens with zero attached hydrogens (tertiary/aromatic N) is 3. The molecule has 6 heteroatoms. The molecule has 5 nitrogen and oxygen atoms in total. The van der Waals surface area contributed by atoms with Crippen molar-refractivity contribution in [3.63, 3.8) is 0 Å². The van der Waals surface area contributed by atoms with E-state index in [9.17, 15) is 9.18 Å². The van der Waals surface area contributed by atoms with Gasteiger partial charge in [-0.1, -0.05) is 24.3 Å². The Morgan fingerprint density at radius 3 is 2.78 bits per heavy atom. The van der Waals surface area contributed by atoms with E-state index in [4.69, 9.17) is 4.74 Å². The van der Waals surface area contributed by atoms with Crippen molar-refractivity contribution in [2.45, 2.75) is 26.1 Å². The van der Waals surface area contributed by atoms with Crippen LogP contribution in [0.15, 0.2) is 60.7 Å². The van der Waals surface area contributed by atoms with Gasteiger partial charge in [-0.15, -0.1) is 0 Å². The second-order valence-corrected chi connectivity index (χ2v) is 6.72. The van der Waals surface area contributed by atoms with Crippen LogP contribution in [0.3, 0.4) is 0 Å². The van der Waals surface area contributed by atoms with Crippen LogP contribution >= 0.6 is 0 Å². The van der Waals surface area contributed by atoms with Gasteiger partial charge in [0.1, 0.15) is 23.9 Å². The third-order valence-electron chi connectivity index (χ3n) is 4.61. The van der Waals surface area contributed by atoms with E-state index in [-0.39, 0.29) is 11.9 Å². The average Bonchev–Trinajstić information content (AvgIpc) is 3.10. The zero-order chi connectivity index (χ0) is 18.8. The molecule has 0 spiro atoms. The second-order valence-electron chi connectivity index (χ2n) is 6.72. The van der Waals surface area contributed by atoms with E-state index in [1.54, 1.807) is 17.0 Å². The lowest BCUT2D eigenvalue weighted by atomic mass is 10.1. The van der Waals surface area contributed by atoms with Crippen LogP contribution in [-0.4, -0.2) is 27.1 Å². The Morgan fingerprint density at radius 1 is 1.19 bits per heavy atom. The summed E-state index contributed by atoms with van der Waals surface area (Å²) >= 11 is 0. The largest absolute Gasteiger partial charge is 0.487 e. The number of hydrogen-bond donors (Lipinski definition) is 0. The smallest absolute Gasteiger partial charge is 0.254 e. The summed E-state index contributed by atoms with van der Waals surface area (Å²) in [5.41, 5.74) is 2.13. The minimum atomic E-state index is -0.406. The highest BCUT2D eigenvalue weighted by atomic mass is 19.1. The lowest BCUT2D eigenvalue weighted by molar-refractivity contribution is 0.0677. The lowest BCUT2D eigenvalue weighted by Gasteiger charge is -2.32. The first-order valence-electron chi connectivity index (χ1n) is 8.90. The Hall–Kier alpha value is -3.15. The fraction of sp³-hybridized carbons (Fsp3) is 0.238. The highest BCUT2D eigenvalue weighted by Crippen LogP contribution is 2.24. The van der Waals surface area contributed by atoms with Crippen LogP contribution in [0.4, 0.5) is 4.39 Å². The predicted octanol–water partition coefficient (Wildman–Crippen LogP) is 3.82. The molecule has 2 heterocycles. The van der Waals surface area contributed by atoms with E-state index in [0.29, 0.717) is 25.3 Å². The molecule has 1 amide bonds. The second kappa shape index (κ2) is 7.23. The summed E-state index contributed by atoms with van der Waals surface area (Å²) in [7, 11) is 0. The van der Waals surface area contributed by atoms with Crippen molar-refractivity contribution in [2.75, 3.05) is 6.54 Å². The first-order valence-corrected chi connectivity index (χ1v) is 8.90. The predicted molar refractivity (Wildman–Crippen MR) is 98.9 cm³/mol. The van der Waals surface area contributed by atoms with Crippen molar-refractivity contribution in [3.05, 3.63) is 83.4 Å². The molecule has 4 rings (SSSR count). The van der Waals surface area contributed by atoms with Gasteiger partial charge in [0.2, 0.25) is 0 Å². The Morgan fingerprint density at radius 2 is 2.00 bits per heavy atom. The van der Waals surface area contributed by atoms with E-state index < -0.39 is 5.82 Å². The number of aromatic nitrogens is 2. The number of hydrogen-bond acceptors (Lipinski definition) is 3. The van der Waals surface area contributed by atoms with E-state index >= 15 is 0 Å². The van der Waals surface area contributed by atoms with Gasteiger partial charge in [0.05, 0.1) is 18.3 Å². The number of ether oxygens (including phenoxy) is 1. The molecule has 1 aromatic heterocycles. The van der Waals surface area contributed by atoms with Crippen LogP contribution in [0.2, 0.25) is 0 Å². The molecular weight excluding hydrogens is 345 g/mol. The fourth-order valence-corrected chi connectivity index (χ4v) is 3.35. The van der Waals surface area contributed by atoms with E-state index in [1.165, 1.54) is 12.1 Å². The summed E-state index contributed by atoms with van der Waals surface area (Å²) in [4.78, 5) is 14.5. The highest BCUT2D eigenvalue weighted by Gasteiger charge is 2.27. The van der Waals surface area contributed by atoms with Crippen molar-refractivity contribution < 1.29 is 13.9 Å². The van der Waals surface area contributed by atoms with Gasteiger partial charge in [-0.05, 0) is 43.3 Å². The number of rotatable bonds is 4. The van der Waals surface area contributed by atoms with Crippen LogP contribution < -0.4 is 4.74 Å². The topological polar surface area (TPSA) is 47.4 Å². The average molecular weight is 365 g/mol. The Kier molecular flexibility index (Phi) is 4.62. The number of para-hydroxylation sites is 1. The Bertz CT molecular complexity index is 955. The SMILES string of the molecule is CC1CN(C(=O)c2cccc(F)c2)Cc2cc(COc3ccccc3)nn21. The van der Waals surface area contributed by atoms with Gasteiger partial charge in [0, 0.05) is 12.1 Å². The molecule has 2 aromatic carbocycles. The van der Waals surface area contributed by atoms with Crippen molar-refractivity contribution in [1.29, 1.82) is 0 Å². The maximum absolute atomic E-state index is 13.4. The first kappa shape index (κ1) is 17.3. The molecule has 1 aliphatic rings. The summed E-state index contributed by atoms with van der Waals surface area (Å²) in [5.74, 6) is 0.214. The van der Waals surface area contributed by atoms with Gasteiger partial charge in [0.25, 0.3) is 5.91 Å². The van der Waals surface area contributed by atoms with Gasteiger partial charge in [-0.3, -0.25) is 9.48 Å². The van der Waals surface area contributed by atoms with Crippen LogP contribution in [0, 0.1) is 5.82 Å². The van der Waals surface area contributed by atoms with Gasteiger partial charge in [0.15, 0.2) is 0 Å².